The maximum absolute atomic E-state index is 12.7. The molecule has 0 aromatic heterocycles. The van der Waals surface area contributed by atoms with Crippen LogP contribution in [0.3, 0.4) is 0 Å². The van der Waals surface area contributed by atoms with Crippen molar-refractivity contribution in [3.63, 3.8) is 0 Å². The Bertz CT molecular complexity index is 604. The second-order valence-electron chi connectivity index (χ2n) is 5.54. The molecule has 1 heterocycles. The Morgan fingerprint density at radius 3 is 2.61 bits per heavy atom. The van der Waals surface area contributed by atoms with Crippen molar-refractivity contribution in [2.75, 3.05) is 19.7 Å². The third-order valence-electron chi connectivity index (χ3n) is 3.79. The fraction of sp³-hybridized carbons (Fsp3) is 0.467. The monoisotopic (exact) mass is 330 g/mol. The molecule has 2 rings (SSSR count). The summed E-state index contributed by atoms with van der Waals surface area (Å²) >= 11 is 0. The summed E-state index contributed by atoms with van der Waals surface area (Å²) in [4.78, 5) is 24.9. The number of benzene rings is 1. The zero-order chi connectivity index (χ0) is 17.2. The Morgan fingerprint density at radius 2 is 2.04 bits per heavy atom. The summed E-state index contributed by atoms with van der Waals surface area (Å²) in [6.07, 6.45) is -4.52. The van der Waals surface area contributed by atoms with E-state index < -0.39 is 23.7 Å². The summed E-state index contributed by atoms with van der Waals surface area (Å²) in [6.45, 7) is 1.43. The van der Waals surface area contributed by atoms with Gasteiger partial charge in [-0.3, -0.25) is 9.59 Å². The number of halogens is 3. The van der Waals surface area contributed by atoms with Gasteiger partial charge in [0.25, 0.3) is 5.91 Å². The van der Waals surface area contributed by atoms with Gasteiger partial charge in [0.1, 0.15) is 0 Å². The van der Waals surface area contributed by atoms with E-state index in [1.54, 1.807) is 0 Å². The molecule has 0 radical (unpaired) electrons. The highest BCUT2D eigenvalue weighted by molar-refractivity contribution is 5.94. The number of hydrogen-bond donors (Lipinski definition) is 2. The second-order valence-corrected chi connectivity index (χ2v) is 5.54. The molecule has 0 aliphatic carbocycles. The fourth-order valence-electron chi connectivity index (χ4n) is 2.66. The number of carbonyl (C=O) groups excluding carboxylic acids is 2. The minimum Gasteiger partial charge on any atom is -0.396 e. The van der Waals surface area contributed by atoms with Crippen LogP contribution in [0.1, 0.15) is 22.8 Å². The van der Waals surface area contributed by atoms with Crippen LogP contribution in [0.4, 0.5) is 13.2 Å². The topological polar surface area (TPSA) is 69.6 Å². The van der Waals surface area contributed by atoms with Crippen LogP contribution in [0.2, 0.25) is 0 Å². The van der Waals surface area contributed by atoms with Gasteiger partial charge in [0.05, 0.1) is 11.6 Å². The summed E-state index contributed by atoms with van der Waals surface area (Å²) in [5.74, 6) is -1.18. The molecule has 0 bridgehead atoms. The predicted molar refractivity (Wildman–Crippen MR) is 75.5 cm³/mol. The summed E-state index contributed by atoms with van der Waals surface area (Å²) in [5, 5.41) is 12.0. The van der Waals surface area contributed by atoms with Crippen molar-refractivity contribution < 1.29 is 27.9 Å². The number of aliphatic hydroxyl groups is 1. The van der Waals surface area contributed by atoms with E-state index in [-0.39, 0.29) is 37.1 Å². The van der Waals surface area contributed by atoms with Gasteiger partial charge in [-0.25, -0.2) is 0 Å². The van der Waals surface area contributed by atoms with Gasteiger partial charge in [0, 0.05) is 38.1 Å². The maximum Gasteiger partial charge on any atom is 0.416 e. The van der Waals surface area contributed by atoms with Gasteiger partial charge < -0.3 is 15.3 Å². The van der Waals surface area contributed by atoms with Crippen LogP contribution < -0.4 is 5.32 Å². The molecule has 1 aliphatic heterocycles. The zero-order valence-electron chi connectivity index (χ0n) is 12.4. The van der Waals surface area contributed by atoms with Crippen molar-refractivity contribution in [2.45, 2.75) is 19.1 Å². The molecule has 0 spiro atoms. The lowest BCUT2D eigenvalue weighted by molar-refractivity contribution is -0.137. The Hall–Kier alpha value is -2.09. The molecule has 1 aromatic carbocycles. The van der Waals surface area contributed by atoms with E-state index in [1.165, 1.54) is 24.0 Å². The molecule has 23 heavy (non-hydrogen) atoms. The first-order valence-corrected chi connectivity index (χ1v) is 7.07. The maximum atomic E-state index is 12.7. The van der Waals surface area contributed by atoms with Gasteiger partial charge in [0.15, 0.2) is 0 Å². The predicted octanol–water partition coefficient (Wildman–Crippen LogP) is 1.27. The van der Waals surface area contributed by atoms with Crippen LogP contribution in [0.15, 0.2) is 24.3 Å². The number of amides is 2. The van der Waals surface area contributed by atoms with Crippen LogP contribution in [0, 0.1) is 5.92 Å². The Balaban J connectivity index is 2.16. The van der Waals surface area contributed by atoms with Crippen LogP contribution in [0.5, 0.6) is 0 Å². The second kappa shape index (κ2) is 6.57. The molecular weight excluding hydrogens is 313 g/mol. The number of nitrogens with zero attached hydrogens (tertiary/aromatic N) is 1. The molecule has 5 nitrogen and oxygen atoms in total. The minimum atomic E-state index is -4.52. The van der Waals surface area contributed by atoms with E-state index in [0.29, 0.717) is 0 Å². The normalized spacial score (nSPS) is 21.3. The van der Waals surface area contributed by atoms with Gasteiger partial charge >= 0.3 is 6.18 Å². The van der Waals surface area contributed by atoms with E-state index >= 15 is 0 Å². The van der Waals surface area contributed by atoms with Crippen LogP contribution in [0.25, 0.3) is 0 Å². The molecule has 2 atom stereocenters. The SMILES string of the molecule is CC(=O)N[C@@H]1CN(C(=O)c2cccc(C(F)(F)F)c2)C[C@H]1CO. The van der Waals surface area contributed by atoms with Crippen molar-refractivity contribution in [2.24, 2.45) is 5.92 Å². The number of aliphatic hydroxyl groups excluding tert-OH is 1. The van der Waals surface area contributed by atoms with Crippen molar-refractivity contribution in [1.29, 1.82) is 0 Å². The molecule has 8 heteroatoms. The average Bonchev–Trinajstić information content (AvgIpc) is 2.88. The zero-order valence-corrected chi connectivity index (χ0v) is 12.4. The number of rotatable bonds is 3. The van der Waals surface area contributed by atoms with E-state index in [2.05, 4.69) is 5.32 Å². The van der Waals surface area contributed by atoms with Crippen molar-refractivity contribution in [3.8, 4) is 0 Å². The van der Waals surface area contributed by atoms with Crippen LogP contribution in [-0.2, 0) is 11.0 Å². The Kier molecular flexibility index (Phi) is 4.93. The summed E-state index contributed by atoms with van der Waals surface area (Å²) in [5.41, 5.74) is -0.959. The highest BCUT2D eigenvalue weighted by Crippen LogP contribution is 2.30. The average molecular weight is 330 g/mol. The molecule has 2 N–H and O–H groups in total. The standard InChI is InChI=1S/C15H17F3N2O3/c1-9(22)19-13-7-20(6-11(13)8-21)14(23)10-3-2-4-12(5-10)15(16,17)18/h2-5,11,13,21H,6-8H2,1H3,(H,19,22)/t11-,13+/m0/s1. The van der Waals surface area contributed by atoms with Gasteiger partial charge in [-0.05, 0) is 18.2 Å². The largest absolute Gasteiger partial charge is 0.416 e. The third kappa shape index (κ3) is 4.01. The van der Waals surface area contributed by atoms with E-state index in [1.807, 2.05) is 0 Å². The molecule has 1 saturated heterocycles. The number of alkyl halides is 3. The van der Waals surface area contributed by atoms with Gasteiger partial charge in [-0.15, -0.1) is 0 Å². The van der Waals surface area contributed by atoms with Gasteiger partial charge in [-0.1, -0.05) is 6.07 Å². The molecule has 1 aromatic rings. The van der Waals surface area contributed by atoms with Gasteiger partial charge in [-0.2, -0.15) is 13.2 Å². The fourth-order valence-corrected chi connectivity index (χ4v) is 2.66. The molecular formula is C15H17F3N2O3. The summed E-state index contributed by atoms with van der Waals surface area (Å²) in [7, 11) is 0. The molecule has 0 unspecified atom stereocenters. The first-order valence-electron chi connectivity index (χ1n) is 7.07. The van der Waals surface area contributed by atoms with Crippen molar-refractivity contribution in [3.05, 3.63) is 35.4 Å². The van der Waals surface area contributed by atoms with Crippen LogP contribution >= 0.6 is 0 Å². The van der Waals surface area contributed by atoms with Crippen molar-refractivity contribution in [1.82, 2.24) is 10.2 Å². The lowest BCUT2D eigenvalue weighted by Crippen LogP contribution is -2.40. The van der Waals surface area contributed by atoms with E-state index in [0.717, 1.165) is 12.1 Å². The molecule has 1 fully saturated rings. The Morgan fingerprint density at radius 1 is 1.35 bits per heavy atom. The molecule has 2 amide bonds. The quantitative estimate of drug-likeness (QED) is 0.877. The first-order chi connectivity index (χ1) is 10.7. The number of nitrogens with one attached hydrogen (secondary N) is 1. The van der Waals surface area contributed by atoms with Gasteiger partial charge in [0.2, 0.25) is 5.91 Å². The third-order valence-corrected chi connectivity index (χ3v) is 3.79. The number of carbonyl (C=O) groups is 2. The molecule has 126 valence electrons. The number of likely N-dealkylation sites (tertiary alicyclic amines) is 1. The smallest absolute Gasteiger partial charge is 0.396 e. The van der Waals surface area contributed by atoms with E-state index in [9.17, 15) is 27.9 Å². The highest BCUT2D eigenvalue weighted by atomic mass is 19.4. The highest BCUT2D eigenvalue weighted by Gasteiger charge is 2.36. The lowest BCUT2D eigenvalue weighted by Gasteiger charge is -2.17. The number of hydrogen-bond acceptors (Lipinski definition) is 3. The Labute approximate surface area is 131 Å². The minimum absolute atomic E-state index is 0.0695. The molecule has 1 aliphatic rings. The first kappa shape index (κ1) is 17.3. The van der Waals surface area contributed by atoms with Crippen molar-refractivity contribution >= 4 is 11.8 Å². The molecule has 0 saturated carbocycles. The van der Waals surface area contributed by atoms with E-state index in [4.69, 9.17) is 0 Å². The summed E-state index contributed by atoms with van der Waals surface area (Å²) < 4.78 is 38.2. The lowest BCUT2D eigenvalue weighted by atomic mass is 10.1. The summed E-state index contributed by atoms with van der Waals surface area (Å²) in [6, 6.07) is 3.80. The van der Waals surface area contributed by atoms with Crippen LogP contribution in [-0.4, -0.2) is 47.6 Å².